The molecular formula is C16H22N2O2S. The third kappa shape index (κ3) is 4.27. The number of rotatable bonds is 6. The van der Waals surface area contributed by atoms with Crippen molar-refractivity contribution in [2.45, 2.75) is 32.2 Å². The van der Waals surface area contributed by atoms with Gasteiger partial charge in [-0.25, -0.2) is 0 Å². The summed E-state index contributed by atoms with van der Waals surface area (Å²) < 4.78 is 10.5. The molecule has 0 bridgehead atoms. The zero-order chi connectivity index (χ0) is 15.9. The van der Waals surface area contributed by atoms with Crippen molar-refractivity contribution in [2.75, 3.05) is 19.5 Å². The van der Waals surface area contributed by atoms with Gasteiger partial charge in [-0.05, 0) is 37.2 Å². The second-order valence-electron chi connectivity index (χ2n) is 4.58. The van der Waals surface area contributed by atoms with Crippen molar-refractivity contribution >= 4 is 23.0 Å². The lowest BCUT2D eigenvalue weighted by Crippen LogP contribution is -2.48. The second kappa shape index (κ2) is 7.75. The fourth-order valence-electron chi connectivity index (χ4n) is 1.95. The number of terminal acetylenes is 1. The van der Waals surface area contributed by atoms with Crippen LogP contribution in [0.15, 0.2) is 18.2 Å². The van der Waals surface area contributed by atoms with Crippen LogP contribution < -0.4 is 20.1 Å². The van der Waals surface area contributed by atoms with Crippen LogP contribution in [0.1, 0.15) is 26.7 Å². The van der Waals surface area contributed by atoms with E-state index in [2.05, 4.69) is 16.6 Å². The van der Waals surface area contributed by atoms with E-state index in [4.69, 9.17) is 28.1 Å². The summed E-state index contributed by atoms with van der Waals surface area (Å²) in [7, 11) is 3.22. The molecule has 0 atom stereocenters. The molecule has 2 N–H and O–H groups in total. The summed E-state index contributed by atoms with van der Waals surface area (Å²) in [6.07, 6.45) is 7.21. The maximum absolute atomic E-state index is 5.63. The molecule has 0 amide bonds. The van der Waals surface area contributed by atoms with Gasteiger partial charge in [0.05, 0.1) is 25.4 Å². The quantitative estimate of drug-likeness (QED) is 0.624. The Labute approximate surface area is 132 Å². The topological polar surface area (TPSA) is 42.5 Å². The first-order valence-electron chi connectivity index (χ1n) is 6.83. The average molecular weight is 306 g/mol. The normalized spacial score (nSPS) is 10.4. The Morgan fingerprint density at radius 2 is 1.95 bits per heavy atom. The number of methoxy groups -OCH3 is 2. The first kappa shape index (κ1) is 17.1. The van der Waals surface area contributed by atoms with Gasteiger partial charge in [0.25, 0.3) is 0 Å². The van der Waals surface area contributed by atoms with Crippen LogP contribution in [0.25, 0.3) is 0 Å². The Bertz CT molecular complexity index is 534. The zero-order valence-electron chi connectivity index (χ0n) is 12.9. The standard InChI is InChI=1S/C16H22N2O2S/c1-6-16(7-2,8-3)18-15(21)17-13-11-12(19-4)9-10-14(13)20-5/h1,9-11H,7-8H2,2-5H3,(H2,17,18,21). The van der Waals surface area contributed by atoms with E-state index in [9.17, 15) is 0 Å². The molecule has 0 spiro atoms. The van der Waals surface area contributed by atoms with Crippen LogP contribution >= 0.6 is 12.2 Å². The summed E-state index contributed by atoms with van der Waals surface area (Å²) in [4.78, 5) is 0. The molecule has 0 saturated heterocycles. The van der Waals surface area contributed by atoms with Crippen LogP contribution in [-0.2, 0) is 0 Å². The van der Waals surface area contributed by atoms with Gasteiger partial charge in [0, 0.05) is 6.07 Å². The monoisotopic (exact) mass is 306 g/mol. The van der Waals surface area contributed by atoms with E-state index in [1.54, 1.807) is 14.2 Å². The lowest BCUT2D eigenvalue weighted by molar-refractivity contribution is 0.404. The highest BCUT2D eigenvalue weighted by Gasteiger charge is 2.24. The summed E-state index contributed by atoms with van der Waals surface area (Å²) in [6, 6.07) is 5.46. The van der Waals surface area contributed by atoms with Gasteiger partial charge in [-0.15, -0.1) is 6.42 Å². The van der Waals surface area contributed by atoms with Gasteiger partial charge in [0.15, 0.2) is 5.11 Å². The third-order valence-corrected chi connectivity index (χ3v) is 3.70. The van der Waals surface area contributed by atoms with Crippen molar-refractivity contribution in [1.82, 2.24) is 5.32 Å². The maximum Gasteiger partial charge on any atom is 0.172 e. The number of ether oxygens (including phenoxy) is 2. The number of nitrogens with one attached hydrogen (secondary N) is 2. The van der Waals surface area contributed by atoms with Gasteiger partial charge >= 0.3 is 0 Å². The predicted octanol–water partition coefficient (Wildman–Crippen LogP) is 3.18. The van der Waals surface area contributed by atoms with Gasteiger partial charge in [0.1, 0.15) is 11.5 Å². The molecule has 0 fully saturated rings. The van der Waals surface area contributed by atoms with E-state index in [-0.39, 0.29) is 0 Å². The fourth-order valence-corrected chi connectivity index (χ4v) is 2.25. The highest BCUT2D eigenvalue weighted by Crippen LogP contribution is 2.29. The van der Waals surface area contributed by atoms with E-state index in [0.29, 0.717) is 10.9 Å². The molecule has 0 aromatic heterocycles. The smallest absolute Gasteiger partial charge is 0.172 e. The van der Waals surface area contributed by atoms with E-state index in [0.717, 1.165) is 24.3 Å². The summed E-state index contributed by atoms with van der Waals surface area (Å²) >= 11 is 5.36. The first-order chi connectivity index (χ1) is 10.0. The molecule has 21 heavy (non-hydrogen) atoms. The Balaban J connectivity index is 2.90. The molecule has 0 aliphatic rings. The molecule has 0 aliphatic carbocycles. The molecule has 5 heteroatoms. The molecule has 0 radical (unpaired) electrons. The minimum absolute atomic E-state index is 0.434. The lowest BCUT2D eigenvalue weighted by atomic mass is 9.94. The summed E-state index contributed by atoms with van der Waals surface area (Å²) in [5, 5.41) is 6.78. The second-order valence-corrected chi connectivity index (χ2v) is 4.99. The van der Waals surface area contributed by atoms with Crippen LogP contribution in [0.2, 0.25) is 0 Å². The zero-order valence-corrected chi connectivity index (χ0v) is 13.8. The number of hydrogen-bond donors (Lipinski definition) is 2. The highest BCUT2D eigenvalue weighted by molar-refractivity contribution is 7.80. The van der Waals surface area contributed by atoms with Crippen molar-refractivity contribution in [3.63, 3.8) is 0 Å². The van der Waals surface area contributed by atoms with Crippen LogP contribution in [0.4, 0.5) is 5.69 Å². The summed E-state index contributed by atoms with van der Waals surface area (Å²) in [5.41, 5.74) is 0.295. The number of thiocarbonyl (C=S) groups is 1. The van der Waals surface area contributed by atoms with Gasteiger partial charge in [-0.1, -0.05) is 19.8 Å². The molecule has 114 valence electrons. The molecular weight excluding hydrogens is 284 g/mol. The predicted molar refractivity (Wildman–Crippen MR) is 91.0 cm³/mol. The van der Waals surface area contributed by atoms with Crippen LogP contribution in [0.3, 0.4) is 0 Å². The van der Waals surface area contributed by atoms with Crippen LogP contribution in [0.5, 0.6) is 11.5 Å². The summed E-state index contributed by atoms with van der Waals surface area (Å²) in [6.45, 7) is 4.07. The molecule has 0 heterocycles. The maximum atomic E-state index is 5.63. The van der Waals surface area contributed by atoms with E-state index >= 15 is 0 Å². The number of hydrogen-bond acceptors (Lipinski definition) is 3. The van der Waals surface area contributed by atoms with Gasteiger partial charge in [-0.2, -0.15) is 0 Å². The molecule has 1 aromatic rings. The van der Waals surface area contributed by atoms with E-state index in [1.165, 1.54) is 0 Å². The molecule has 0 unspecified atom stereocenters. The molecule has 1 rings (SSSR count). The van der Waals surface area contributed by atoms with Crippen molar-refractivity contribution < 1.29 is 9.47 Å². The molecule has 0 saturated carbocycles. The van der Waals surface area contributed by atoms with Crippen LogP contribution in [0, 0.1) is 12.3 Å². The average Bonchev–Trinajstić information content (AvgIpc) is 2.52. The van der Waals surface area contributed by atoms with Crippen LogP contribution in [-0.4, -0.2) is 24.9 Å². The van der Waals surface area contributed by atoms with E-state index in [1.807, 2.05) is 32.0 Å². The van der Waals surface area contributed by atoms with Gasteiger partial charge in [0.2, 0.25) is 0 Å². The van der Waals surface area contributed by atoms with Gasteiger partial charge < -0.3 is 20.1 Å². The van der Waals surface area contributed by atoms with Crippen molar-refractivity contribution in [3.05, 3.63) is 18.2 Å². The first-order valence-corrected chi connectivity index (χ1v) is 7.24. The molecule has 1 aromatic carbocycles. The number of benzene rings is 1. The minimum atomic E-state index is -0.434. The number of anilines is 1. The van der Waals surface area contributed by atoms with Crippen molar-refractivity contribution in [2.24, 2.45) is 0 Å². The van der Waals surface area contributed by atoms with Crippen molar-refractivity contribution in [1.29, 1.82) is 0 Å². The van der Waals surface area contributed by atoms with Gasteiger partial charge in [-0.3, -0.25) is 0 Å². The third-order valence-electron chi connectivity index (χ3n) is 3.49. The Morgan fingerprint density at radius 1 is 1.29 bits per heavy atom. The Kier molecular flexibility index (Phi) is 6.32. The Hall–Kier alpha value is -1.93. The molecule has 4 nitrogen and oxygen atoms in total. The van der Waals surface area contributed by atoms with E-state index < -0.39 is 5.54 Å². The minimum Gasteiger partial charge on any atom is -0.497 e. The Morgan fingerprint density at radius 3 is 2.43 bits per heavy atom. The highest BCUT2D eigenvalue weighted by atomic mass is 32.1. The lowest BCUT2D eigenvalue weighted by Gasteiger charge is -2.29. The van der Waals surface area contributed by atoms with Crippen molar-refractivity contribution in [3.8, 4) is 23.8 Å². The SMILES string of the molecule is C#CC(CC)(CC)NC(=S)Nc1cc(OC)ccc1OC. The molecule has 0 aliphatic heterocycles. The fraction of sp³-hybridized carbons (Fsp3) is 0.438. The summed E-state index contributed by atoms with van der Waals surface area (Å²) in [5.74, 6) is 4.19. The largest absolute Gasteiger partial charge is 0.497 e.